The van der Waals surface area contributed by atoms with Crippen LogP contribution in [0, 0.1) is 0 Å². The first kappa shape index (κ1) is 14.3. The van der Waals surface area contributed by atoms with E-state index in [1.807, 2.05) is 11.8 Å². The van der Waals surface area contributed by atoms with E-state index in [1.165, 1.54) is 25.0 Å². The van der Waals surface area contributed by atoms with Crippen molar-refractivity contribution >= 4 is 11.8 Å². The number of hydrogen-bond donors (Lipinski definition) is 1. The van der Waals surface area contributed by atoms with Crippen LogP contribution in [0.4, 0.5) is 0 Å². The summed E-state index contributed by atoms with van der Waals surface area (Å²) in [5.74, 6) is 1.22. The third kappa shape index (κ3) is 3.91. The normalized spacial score (nSPS) is 24.9. The molecular formula is C12H26N2OS. The first-order valence-corrected chi connectivity index (χ1v) is 7.62. The van der Waals surface area contributed by atoms with Crippen molar-refractivity contribution in [2.45, 2.75) is 44.4 Å². The summed E-state index contributed by atoms with van der Waals surface area (Å²) < 4.78 is 5.75. The van der Waals surface area contributed by atoms with Crippen molar-refractivity contribution in [1.82, 2.24) is 4.90 Å². The molecule has 1 aliphatic heterocycles. The topological polar surface area (TPSA) is 38.5 Å². The van der Waals surface area contributed by atoms with Gasteiger partial charge in [0.2, 0.25) is 0 Å². The van der Waals surface area contributed by atoms with Crippen molar-refractivity contribution in [1.29, 1.82) is 0 Å². The maximum Gasteiger partial charge on any atom is 0.0743 e. The molecule has 0 aromatic rings. The molecule has 0 aliphatic carbocycles. The van der Waals surface area contributed by atoms with Crippen LogP contribution in [0.5, 0.6) is 0 Å². The Morgan fingerprint density at radius 1 is 1.56 bits per heavy atom. The van der Waals surface area contributed by atoms with Gasteiger partial charge in [0.05, 0.1) is 6.10 Å². The van der Waals surface area contributed by atoms with Gasteiger partial charge in [0.1, 0.15) is 0 Å². The van der Waals surface area contributed by atoms with Crippen molar-refractivity contribution in [2.24, 2.45) is 5.73 Å². The zero-order valence-corrected chi connectivity index (χ0v) is 11.6. The Balaban J connectivity index is 2.43. The molecule has 0 amide bonds. The molecule has 3 unspecified atom stereocenters. The van der Waals surface area contributed by atoms with Gasteiger partial charge in [-0.25, -0.2) is 0 Å². The number of nitrogens with two attached hydrogens (primary N) is 1. The summed E-state index contributed by atoms with van der Waals surface area (Å²) in [6, 6.07) is 0.976. The SMILES string of the molecule is CSCCC(C)N(C)C(CN)C1CCCO1. The number of hydrogen-bond acceptors (Lipinski definition) is 4. The van der Waals surface area contributed by atoms with E-state index in [-0.39, 0.29) is 0 Å². The van der Waals surface area contributed by atoms with Gasteiger partial charge in [-0.1, -0.05) is 0 Å². The predicted octanol–water partition coefficient (Wildman–Crippen LogP) is 1.57. The molecule has 1 rings (SSSR count). The first-order chi connectivity index (χ1) is 7.70. The lowest BCUT2D eigenvalue weighted by Gasteiger charge is -2.35. The summed E-state index contributed by atoms with van der Waals surface area (Å²) in [7, 11) is 2.18. The summed E-state index contributed by atoms with van der Waals surface area (Å²) >= 11 is 1.91. The average molecular weight is 246 g/mol. The molecule has 1 aliphatic rings. The molecule has 3 nitrogen and oxygen atoms in total. The molecule has 0 saturated carbocycles. The van der Waals surface area contributed by atoms with Crippen LogP contribution in [0.25, 0.3) is 0 Å². The van der Waals surface area contributed by atoms with Crippen LogP contribution in [0.15, 0.2) is 0 Å². The lowest BCUT2D eigenvalue weighted by atomic mass is 10.0. The Bertz CT molecular complexity index is 186. The molecule has 0 spiro atoms. The molecular weight excluding hydrogens is 220 g/mol. The van der Waals surface area contributed by atoms with Crippen molar-refractivity contribution in [3.63, 3.8) is 0 Å². The molecule has 0 radical (unpaired) electrons. The molecule has 0 aromatic carbocycles. The highest BCUT2D eigenvalue weighted by Crippen LogP contribution is 2.20. The van der Waals surface area contributed by atoms with Gasteiger partial charge in [-0.2, -0.15) is 11.8 Å². The van der Waals surface area contributed by atoms with Gasteiger partial charge < -0.3 is 10.5 Å². The highest BCUT2D eigenvalue weighted by atomic mass is 32.2. The number of thioether (sulfide) groups is 1. The molecule has 0 bridgehead atoms. The van der Waals surface area contributed by atoms with Gasteiger partial charge >= 0.3 is 0 Å². The highest BCUT2D eigenvalue weighted by molar-refractivity contribution is 7.98. The lowest BCUT2D eigenvalue weighted by molar-refractivity contribution is 0.0235. The van der Waals surface area contributed by atoms with E-state index in [4.69, 9.17) is 10.5 Å². The molecule has 1 saturated heterocycles. The van der Waals surface area contributed by atoms with Crippen LogP contribution < -0.4 is 5.73 Å². The molecule has 3 atom stereocenters. The monoisotopic (exact) mass is 246 g/mol. The van der Waals surface area contributed by atoms with E-state index in [1.54, 1.807) is 0 Å². The minimum atomic E-state index is 0.353. The largest absolute Gasteiger partial charge is 0.377 e. The molecule has 2 N–H and O–H groups in total. The minimum absolute atomic E-state index is 0.353. The van der Waals surface area contributed by atoms with Crippen LogP contribution in [0.3, 0.4) is 0 Å². The average Bonchev–Trinajstić information content (AvgIpc) is 2.80. The smallest absolute Gasteiger partial charge is 0.0743 e. The van der Waals surface area contributed by atoms with E-state index < -0.39 is 0 Å². The summed E-state index contributed by atoms with van der Waals surface area (Å²) in [6.45, 7) is 3.90. The van der Waals surface area contributed by atoms with Gasteiger partial charge in [0.15, 0.2) is 0 Å². The van der Waals surface area contributed by atoms with E-state index in [0.717, 1.165) is 6.61 Å². The molecule has 1 heterocycles. The molecule has 1 fully saturated rings. The first-order valence-electron chi connectivity index (χ1n) is 6.23. The third-order valence-electron chi connectivity index (χ3n) is 3.59. The van der Waals surface area contributed by atoms with E-state index >= 15 is 0 Å². The third-order valence-corrected chi connectivity index (χ3v) is 4.24. The van der Waals surface area contributed by atoms with E-state index in [0.29, 0.717) is 24.7 Å². The predicted molar refractivity (Wildman–Crippen MR) is 72.0 cm³/mol. The van der Waals surface area contributed by atoms with Crippen LogP contribution >= 0.6 is 11.8 Å². The number of ether oxygens (including phenoxy) is 1. The maximum atomic E-state index is 5.89. The quantitative estimate of drug-likeness (QED) is 0.740. The summed E-state index contributed by atoms with van der Waals surface area (Å²) in [5, 5.41) is 0. The fraction of sp³-hybridized carbons (Fsp3) is 1.00. The fourth-order valence-electron chi connectivity index (χ4n) is 2.31. The number of nitrogens with zero attached hydrogens (tertiary/aromatic N) is 1. The highest BCUT2D eigenvalue weighted by Gasteiger charge is 2.29. The van der Waals surface area contributed by atoms with Crippen LogP contribution in [-0.2, 0) is 4.74 Å². The van der Waals surface area contributed by atoms with E-state index in [2.05, 4.69) is 25.1 Å². The van der Waals surface area contributed by atoms with Crippen molar-refractivity contribution in [2.75, 3.05) is 32.2 Å². The summed E-state index contributed by atoms with van der Waals surface area (Å²) in [6.07, 6.45) is 6.09. The maximum absolute atomic E-state index is 5.89. The molecule has 4 heteroatoms. The second-order valence-corrected chi connectivity index (χ2v) is 5.64. The van der Waals surface area contributed by atoms with E-state index in [9.17, 15) is 0 Å². The van der Waals surface area contributed by atoms with Crippen molar-refractivity contribution < 1.29 is 4.74 Å². The standard InChI is InChI=1S/C12H26N2OS/c1-10(6-8-16-3)14(2)11(9-13)12-5-4-7-15-12/h10-12H,4-9,13H2,1-3H3. The Morgan fingerprint density at radius 2 is 2.31 bits per heavy atom. The Morgan fingerprint density at radius 3 is 2.81 bits per heavy atom. The van der Waals surface area contributed by atoms with Gasteiger partial charge in [0, 0.05) is 25.2 Å². The van der Waals surface area contributed by atoms with Crippen LogP contribution in [0.1, 0.15) is 26.2 Å². The Hall–Kier alpha value is 0.230. The molecule has 96 valence electrons. The lowest BCUT2D eigenvalue weighted by Crippen LogP contribution is -2.49. The van der Waals surface area contributed by atoms with Gasteiger partial charge in [-0.3, -0.25) is 4.90 Å². The van der Waals surface area contributed by atoms with Gasteiger partial charge in [-0.15, -0.1) is 0 Å². The summed E-state index contributed by atoms with van der Waals surface area (Å²) in [5.41, 5.74) is 5.89. The Kier molecular flexibility index (Phi) is 6.73. The molecule has 16 heavy (non-hydrogen) atoms. The van der Waals surface area contributed by atoms with Crippen molar-refractivity contribution in [3.05, 3.63) is 0 Å². The van der Waals surface area contributed by atoms with Crippen molar-refractivity contribution in [3.8, 4) is 0 Å². The van der Waals surface area contributed by atoms with Gasteiger partial charge in [0.25, 0.3) is 0 Å². The Labute approximate surface area is 104 Å². The van der Waals surface area contributed by atoms with Crippen LogP contribution in [0.2, 0.25) is 0 Å². The minimum Gasteiger partial charge on any atom is -0.377 e. The number of rotatable bonds is 7. The zero-order valence-electron chi connectivity index (χ0n) is 10.8. The van der Waals surface area contributed by atoms with Crippen LogP contribution in [-0.4, -0.2) is 55.3 Å². The van der Waals surface area contributed by atoms with Gasteiger partial charge in [-0.05, 0) is 45.2 Å². The fourth-order valence-corrected chi connectivity index (χ4v) is 2.88. The summed E-state index contributed by atoms with van der Waals surface area (Å²) in [4.78, 5) is 2.41. The second-order valence-electron chi connectivity index (χ2n) is 4.65. The molecule has 0 aromatic heterocycles. The second kappa shape index (κ2) is 7.54. The zero-order chi connectivity index (χ0) is 12.0. The number of likely N-dealkylation sites (N-methyl/N-ethyl adjacent to an activating group) is 1.